The highest BCUT2D eigenvalue weighted by molar-refractivity contribution is 6.05. The van der Waals surface area contributed by atoms with Gasteiger partial charge in [0.1, 0.15) is 11.9 Å². The summed E-state index contributed by atoms with van der Waals surface area (Å²) in [7, 11) is 1.59. The van der Waals surface area contributed by atoms with Crippen LogP contribution in [-0.2, 0) is 0 Å². The Kier molecular flexibility index (Phi) is 3.76. The summed E-state index contributed by atoms with van der Waals surface area (Å²) in [5.74, 6) is -0.622. The van der Waals surface area contributed by atoms with Crippen LogP contribution >= 0.6 is 0 Å². The Balaban J connectivity index is 2.32. The van der Waals surface area contributed by atoms with Gasteiger partial charge in [-0.05, 0) is 36.8 Å². The molecule has 0 radical (unpaired) electrons. The first-order valence-electron chi connectivity index (χ1n) is 5.92. The van der Waals surface area contributed by atoms with E-state index in [1.165, 1.54) is 35.5 Å². The molecule has 0 unspecified atom stereocenters. The molecular weight excluding hydrogens is 257 g/mol. The summed E-state index contributed by atoms with van der Waals surface area (Å²) in [5.41, 5.74) is 1.68. The highest BCUT2D eigenvalue weighted by Crippen LogP contribution is 2.19. The molecule has 1 aromatic heterocycles. The molecule has 5 heteroatoms. The van der Waals surface area contributed by atoms with E-state index in [9.17, 15) is 9.18 Å². The van der Waals surface area contributed by atoms with Gasteiger partial charge in [-0.1, -0.05) is 0 Å². The molecule has 0 atom stereocenters. The molecule has 0 aliphatic heterocycles. The Morgan fingerprint density at radius 1 is 1.35 bits per heavy atom. The van der Waals surface area contributed by atoms with Gasteiger partial charge in [0.25, 0.3) is 5.91 Å². The zero-order chi connectivity index (χ0) is 14.7. The van der Waals surface area contributed by atoms with Crippen molar-refractivity contribution in [2.75, 3.05) is 11.9 Å². The van der Waals surface area contributed by atoms with Crippen molar-refractivity contribution in [1.29, 1.82) is 5.26 Å². The van der Waals surface area contributed by atoms with Crippen molar-refractivity contribution < 1.29 is 9.18 Å². The molecule has 20 heavy (non-hydrogen) atoms. The van der Waals surface area contributed by atoms with E-state index in [0.717, 1.165) is 0 Å². The summed E-state index contributed by atoms with van der Waals surface area (Å²) in [6.07, 6.45) is 2.79. The van der Waals surface area contributed by atoms with Crippen LogP contribution in [0.3, 0.4) is 0 Å². The van der Waals surface area contributed by atoms with Crippen LogP contribution in [0.1, 0.15) is 21.5 Å². The van der Waals surface area contributed by atoms with Crippen molar-refractivity contribution in [3.8, 4) is 6.07 Å². The van der Waals surface area contributed by atoms with Crippen molar-refractivity contribution in [1.82, 2.24) is 4.98 Å². The molecule has 0 saturated heterocycles. The summed E-state index contributed by atoms with van der Waals surface area (Å²) in [6, 6.07) is 7.85. The molecule has 0 aliphatic rings. The number of amides is 1. The molecule has 1 aromatic carbocycles. The van der Waals surface area contributed by atoms with Gasteiger partial charge in [0.2, 0.25) is 0 Å². The van der Waals surface area contributed by atoms with Crippen LogP contribution in [0.5, 0.6) is 0 Å². The van der Waals surface area contributed by atoms with E-state index >= 15 is 0 Å². The number of benzene rings is 1. The Morgan fingerprint density at radius 3 is 2.75 bits per heavy atom. The second kappa shape index (κ2) is 5.49. The third kappa shape index (κ3) is 2.64. The normalized spacial score (nSPS) is 9.90. The van der Waals surface area contributed by atoms with Gasteiger partial charge in [0.05, 0.1) is 11.1 Å². The number of rotatable bonds is 2. The molecule has 0 fully saturated rings. The van der Waals surface area contributed by atoms with Crippen molar-refractivity contribution in [3.63, 3.8) is 0 Å². The van der Waals surface area contributed by atoms with Crippen molar-refractivity contribution in [2.24, 2.45) is 0 Å². The van der Waals surface area contributed by atoms with Gasteiger partial charge in [-0.3, -0.25) is 9.78 Å². The SMILES string of the molecule is Cc1cc(N(C)C(=O)c2cncc(C#N)c2)ccc1F. The minimum atomic E-state index is -0.317. The maximum atomic E-state index is 13.2. The fourth-order valence-corrected chi connectivity index (χ4v) is 1.77. The van der Waals surface area contributed by atoms with E-state index in [1.807, 2.05) is 6.07 Å². The molecule has 0 spiro atoms. The molecule has 0 saturated carbocycles. The smallest absolute Gasteiger partial charge is 0.259 e. The first-order valence-corrected chi connectivity index (χ1v) is 5.92. The predicted molar refractivity (Wildman–Crippen MR) is 72.8 cm³/mol. The lowest BCUT2D eigenvalue weighted by Gasteiger charge is -2.18. The van der Waals surface area contributed by atoms with E-state index < -0.39 is 0 Å². The van der Waals surface area contributed by atoms with Crippen LogP contribution in [0.25, 0.3) is 0 Å². The van der Waals surface area contributed by atoms with Crippen LogP contribution in [0, 0.1) is 24.1 Å². The minimum absolute atomic E-state index is 0.305. The van der Waals surface area contributed by atoms with Crippen LogP contribution in [-0.4, -0.2) is 17.9 Å². The zero-order valence-electron chi connectivity index (χ0n) is 11.1. The fraction of sp³-hybridized carbons (Fsp3) is 0.133. The lowest BCUT2D eigenvalue weighted by atomic mass is 10.1. The average Bonchev–Trinajstić information content (AvgIpc) is 2.48. The van der Waals surface area contributed by atoms with Gasteiger partial charge in [-0.2, -0.15) is 5.26 Å². The van der Waals surface area contributed by atoms with E-state index in [-0.39, 0.29) is 11.7 Å². The molecule has 0 aliphatic carbocycles. The highest BCUT2D eigenvalue weighted by atomic mass is 19.1. The highest BCUT2D eigenvalue weighted by Gasteiger charge is 2.15. The molecule has 2 aromatic rings. The topological polar surface area (TPSA) is 57.0 Å². The lowest BCUT2D eigenvalue weighted by Crippen LogP contribution is -2.26. The second-order valence-electron chi connectivity index (χ2n) is 4.37. The average molecular weight is 269 g/mol. The Morgan fingerprint density at radius 2 is 2.10 bits per heavy atom. The maximum Gasteiger partial charge on any atom is 0.259 e. The van der Waals surface area contributed by atoms with Gasteiger partial charge >= 0.3 is 0 Å². The third-order valence-electron chi connectivity index (χ3n) is 2.95. The van der Waals surface area contributed by atoms with Gasteiger partial charge < -0.3 is 4.90 Å². The quantitative estimate of drug-likeness (QED) is 0.842. The Bertz CT molecular complexity index is 707. The fourth-order valence-electron chi connectivity index (χ4n) is 1.77. The number of hydrogen-bond donors (Lipinski definition) is 0. The summed E-state index contributed by atoms with van der Waals surface area (Å²) < 4.78 is 13.2. The number of hydrogen-bond acceptors (Lipinski definition) is 3. The van der Waals surface area contributed by atoms with Gasteiger partial charge in [0, 0.05) is 25.1 Å². The number of nitriles is 1. The lowest BCUT2D eigenvalue weighted by molar-refractivity contribution is 0.0992. The van der Waals surface area contributed by atoms with Crippen molar-refractivity contribution in [3.05, 3.63) is 59.2 Å². The molecule has 0 N–H and O–H groups in total. The summed E-state index contributed by atoms with van der Waals surface area (Å²) >= 11 is 0. The Hall–Kier alpha value is -2.74. The maximum absolute atomic E-state index is 13.2. The number of aryl methyl sites for hydroxylation is 1. The largest absolute Gasteiger partial charge is 0.311 e. The van der Waals surface area contributed by atoms with E-state index in [4.69, 9.17) is 5.26 Å². The summed E-state index contributed by atoms with van der Waals surface area (Å²) in [6.45, 7) is 1.63. The van der Waals surface area contributed by atoms with Crippen LogP contribution < -0.4 is 4.90 Å². The van der Waals surface area contributed by atoms with Gasteiger partial charge in [-0.15, -0.1) is 0 Å². The van der Waals surface area contributed by atoms with E-state index in [0.29, 0.717) is 22.4 Å². The molecule has 0 bridgehead atoms. The molecular formula is C15H12FN3O. The number of anilines is 1. The summed E-state index contributed by atoms with van der Waals surface area (Å²) in [5, 5.41) is 8.81. The van der Waals surface area contributed by atoms with Crippen molar-refractivity contribution >= 4 is 11.6 Å². The predicted octanol–water partition coefficient (Wildman–Crippen LogP) is 2.68. The van der Waals surface area contributed by atoms with Gasteiger partial charge in [-0.25, -0.2) is 4.39 Å². The molecule has 2 rings (SSSR count). The number of carbonyl (C=O) groups is 1. The first-order chi connectivity index (χ1) is 9.52. The van der Waals surface area contributed by atoms with E-state index in [1.54, 1.807) is 20.0 Å². The zero-order valence-corrected chi connectivity index (χ0v) is 11.1. The third-order valence-corrected chi connectivity index (χ3v) is 2.95. The molecule has 4 nitrogen and oxygen atoms in total. The van der Waals surface area contributed by atoms with Gasteiger partial charge in [0.15, 0.2) is 0 Å². The number of pyridine rings is 1. The van der Waals surface area contributed by atoms with E-state index in [2.05, 4.69) is 4.98 Å². The second-order valence-corrected chi connectivity index (χ2v) is 4.37. The molecule has 100 valence electrons. The monoisotopic (exact) mass is 269 g/mol. The van der Waals surface area contributed by atoms with Crippen LogP contribution in [0.4, 0.5) is 10.1 Å². The van der Waals surface area contributed by atoms with Crippen LogP contribution in [0.2, 0.25) is 0 Å². The number of nitrogens with zero attached hydrogens (tertiary/aromatic N) is 3. The molecule has 1 amide bonds. The van der Waals surface area contributed by atoms with Crippen molar-refractivity contribution in [2.45, 2.75) is 6.92 Å². The number of carbonyl (C=O) groups excluding carboxylic acids is 1. The molecule has 1 heterocycles. The summed E-state index contributed by atoms with van der Waals surface area (Å²) in [4.78, 5) is 17.5. The van der Waals surface area contributed by atoms with Crippen LogP contribution in [0.15, 0.2) is 36.7 Å². The Labute approximate surface area is 116 Å². The number of halogens is 1. The minimum Gasteiger partial charge on any atom is -0.311 e. The number of aromatic nitrogens is 1. The first kappa shape index (κ1) is 13.7. The standard InChI is InChI=1S/C15H12FN3O/c1-10-5-13(3-4-14(10)16)19(2)15(20)12-6-11(7-17)8-18-9-12/h3-6,8-9H,1-2H3.